The van der Waals surface area contributed by atoms with Crippen molar-refractivity contribution in [3.63, 3.8) is 0 Å². The minimum absolute atomic E-state index is 0.0274. The van der Waals surface area contributed by atoms with Gasteiger partial charge in [0, 0.05) is 18.3 Å². The molecule has 0 spiro atoms. The highest BCUT2D eigenvalue weighted by Crippen LogP contribution is 2.47. The van der Waals surface area contributed by atoms with Crippen molar-refractivity contribution >= 4 is 29.2 Å². The number of anilines is 2. The van der Waals surface area contributed by atoms with E-state index in [1.54, 1.807) is 17.0 Å². The van der Waals surface area contributed by atoms with Gasteiger partial charge in [-0.15, -0.1) is 0 Å². The van der Waals surface area contributed by atoms with E-state index >= 15 is 0 Å². The second-order valence-electron chi connectivity index (χ2n) is 9.49. The number of rotatable bonds is 5. The molecule has 0 unspecified atom stereocenters. The third-order valence-electron chi connectivity index (χ3n) is 6.21. The van der Waals surface area contributed by atoms with Crippen LogP contribution in [-0.2, 0) is 20.4 Å². The third kappa shape index (κ3) is 4.63. The van der Waals surface area contributed by atoms with Crippen molar-refractivity contribution in [2.75, 3.05) is 11.4 Å². The number of aromatic carboxylic acids is 1. The van der Waals surface area contributed by atoms with E-state index in [-0.39, 0.29) is 34.8 Å². The molecule has 0 aromatic heterocycles. The molecule has 0 saturated carbocycles. The van der Waals surface area contributed by atoms with Crippen LogP contribution >= 0.6 is 0 Å². The van der Waals surface area contributed by atoms with Gasteiger partial charge >= 0.3 is 5.97 Å². The molecule has 6 heteroatoms. The summed E-state index contributed by atoms with van der Waals surface area (Å²) in [4.78, 5) is 37.3. The first-order chi connectivity index (χ1) is 14.4. The molecule has 0 bridgehead atoms. The van der Waals surface area contributed by atoms with Crippen molar-refractivity contribution in [3.05, 3.63) is 59.2 Å². The normalized spacial score (nSPS) is 16.2. The van der Waals surface area contributed by atoms with Crippen LogP contribution < -0.4 is 10.2 Å². The first-order valence-corrected chi connectivity index (χ1v) is 10.5. The van der Waals surface area contributed by atoms with E-state index in [0.717, 1.165) is 12.8 Å². The minimum atomic E-state index is -1.03. The van der Waals surface area contributed by atoms with E-state index in [0.29, 0.717) is 11.4 Å². The lowest BCUT2D eigenvalue weighted by molar-refractivity contribution is -0.123. The van der Waals surface area contributed by atoms with Crippen LogP contribution in [0.15, 0.2) is 42.5 Å². The fourth-order valence-electron chi connectivity index (χ4n) is 4.19. The Balaban J connectivity index is 2.10. The summed E-state index contributed by atoms with van der Waals surface area (Å²) in [6.07, 6.45) is 2.14. The molecule has 2 aromatic carbocycles. The van der Waals surface area contributed by atoms with Crippen molar-refractivity contribution in [2.45, 2.75) is 58.3 Å². The average Bonchev–Trinajstić information content (AvgIpc) is 2.70. The van der Waals surface area contributed by atoms with Crippen molar-refractivity contribution in [1.29, 1.82) is 0 Å². The molecule has 0 saturated heterocycles. The second kappa shape index (κ2) is 8.17. The maximum atomic E-state index is 13.1. The molecule has 0 radical (unpaired) electrons. The van der Waals surface area contributed by atoms with Gasteiger partial charge in [0.25, 0.3) is 5.91 Å². The smallest absolute Gasteiger partial charge is 0.335 e. The number of carboxylic acids is 1. The van der Waals surface area contributed by atoms with Gasteiger partial charge in [0.2, 0.25) is 5.91 Å². The Morgan fingerprint density at radius 3 is 2.00 bits per heavy atom. The van der Waals surface area contributed by atoms with Gasteiger partial charge in [-0.3, -0.25) is 14.5 Å². The number of carbonyl (C=O) groups is 3. The minimum Gasteiger partial charge on any atom is -0.478 e. The van der Waals surface area contributed by atoms with Gasteiger partial charge in [0.15, 0.2) is 0 Å². The number of benzene rings is 2. The summed E-state index contributed by atoms with van der Waals surface area (Å²) in [5, 5.41) is 11.8. The van der Waals surface area contributed by atoms with Crippen LogP contribution in [0.4, 0.5) is 11.4 Å². The van der Waals surface area contributed by atoms with Crippen LogP contribution in [0.25, 0.3) is 0 Å². The van der Waals surface area contributed by atoms with Crippen LogP contribution in [0, 0.1) is 0 Å². The largest absolute Gasteiger partial charge is 0.478 e. The van der Waals surface area contributed by atoms with E-state index in [9.17, 15) is 19.5 Å². The molecule has 6 nitrogen and oxygen atoms in total. The summed E-state index contributed by atoms with van der Waals surface area (Å²) in [5.74, 6) is -1.62. The molecule has 2 aromatic rings. The van der Waals surface area contributed by atoms with Crippen LogP contribution in [-0.4, -0.2) is 29.4 Å². The summed E-state index contributed by atoms with van der Waals surface area (Å²) >= 11 is 0. The van der Waals surface area contributed by atoms with E-state index in [4.69, 9.17) is 0 Å². The Kier molecular flexibility index (Phi) is 5.94. The van der Waals surface area contributed by atoms with Crippen molar-refractivity contribution in [3.8, 4) is 0 Å². The van der Waals surface area contributed by atoms with Gasteiger partial charge in [-0.2, -0.15) is 0 Å². The number of hydrogen-bond donors (Lipinski definition) is 2. The Bertz CT molecular complexity index is 1020. The lowest BCUT2D eigenvalue weighted by atomic mass is 9.63. The van der Waals surface area contributed by atoms with Gasteiger partial charge in [-0.25, -0.2) is 4.79 Å². The standard InChI is InChI=1S/C25H30N2O4/c1-16(28)26-15-22(29)27(18-8-6-17(7-9-18)23(30)31)19-10-11-20-21(14-19)25(4,5)13-12-24(20,2)3/h6-11,14H,12-13,15H2,1-5H3,(H,26,28)(H,30,31). The fourth-order valence-corrected chi connectivity index (χ4v) is 4.19. The molecular formula is C25H30N2O4. The summed E-state index contributed by atoms with van der Waals surface area (Å²) < 4.78 is 0. The van der Waals surface area contributed by atoms with Gasteiger partial charge in [0.05, 0.1) is 12.1 Å². The molecule has 0 atom stereocenters. The fraction of sp³-hybridized carbons (Fsp3) is 0.400. The lowest BCUT2D eigenvalue weighted by Crippen LogP contribution is -2.38. The van der Waals surface area contributed by atoms with Crippen molar-refractivity contribution in [1.82, 2.24) is 5.32 Å². The maximum absolute atomic E-state index is 13.1. The van der Waals surface area contributed by atoms with Crippen LogP contribution in [0.2, 0.25) is 0 Å². The lowest BCUT2D eigenvalue weighted by Gasteiger charge is -2.42. The van der Waals surface area contributed by atoms with E-state index in [2.05, 4.69) is 45.1 Å². The van der Waals surface area contributed by atoms with E-state index in [1.807, 2.05) is 6.07 Å². The molecular weight excluding hydrogens is 392 g/mol. The van der Waals surface area contributed by atoms with E-state index in [1.165, 1.54) is 30.2 Å². The monoisotopic (exact) mass is 422 g/mol. The topological polar surface area (TPSA) is 86.7 Å². The number of nitrogens with zero attached hydrogens (tertiary/aromatic N) is 1. The van der Waals surface area contributed by atoms with Gasteiger partial charge in [0.1, 0.15) is 0 Å². The van der Waals surface area contributed by atoms with Crippen LogP contribution in [0.1, 0.15) is 68.9 Å². The first kappa shape index (κ1) is 22.5. The zero-order valence-corrected chi connectivity index (χ0v) is 18.8. The zero-order chi connectivity index (χ0) is 23.0. The van der Waals surface area contributed by atoms with Crippen molar-refractivity contribution in [2.24, 2.45) is 0 Å². The third-order valence-corrected chi connectivity index (χ3v) is 6.21. The number of fused-ring (bicyclic) bond motifs is 1. The number of hydrogen-bond acceptors (Lipinski definition) is 3. The number of carboxylic acid groups (broad SMARTS) is 1. The maximum Gasteiger partial charge on any atom is 0.335 e. The van der Waals surface area contributed by atoms with Crippen LogP contribution in [0.5, 0.6) is 0 Å². The first-order valence-electron chi connectivity index (χ1n) is 10.5. The highest BCUT2D eigenvalue weighted by molar-refractivity contribution is 6.03. The van der Waals surface area contributed by atoms with Crippen molar-refractivity contribution < 1.29 is 19.5 Å². The predicted molar refractivity (Wildman–Crippen MR) is 121 cm³/mol. The average molecular weight is 423 g/mol. The molecule has 164 valence electrons. The summed E-state index contributed by atoms with van der Waals surface area (Å²) in [7, 11) is 0. The highest BCUT2D eigenvalue weighted by Gasteiger charge is 2.37. The summed E-state index contributed by atoms with van der Waals surface area (Å²) in [6, 6.07) is 12.3. The summed E-state index contributed by atoms with van der Waals surface area (Å²) in [6.45, 7) is 10.1. The molecule has 1 aliphatic rings. The Morgan fingerprint density at radius 2 is 1.45 bits per heavy atom. The quantitative estimate of drug-likeness (QED) is 0.741. The molecule has 2 amide bonds. The van der Waals surface area contributed by atoms with Crippen LogP contribution in [0.3, 0.4) is 0 Å². The summed E-state index contributed by atoms with van der Waals surface area (Å²) in [5.41, 5.74) is 3.91. The Hall–Kier alpha value is -3.15. The molecule has 0 aliphatic heterocycles. The molecule has 0 fully saturated rings. The molecule has 0 heterocycles. The number of nitrogens with one attached hydrogen (secondary N) is 1. The SMILES string of the molecule is CC(=O)NCC(=O)N(c1ccc(C(=O)O)cc1)c1ccc2c(c1)C(C)(C)CCC2(C)C. The highest BCUT2D eigenvalue weighted by atomic mass is 16.4. The molecule has 31 heavy (non-hydrogen) atoms. The van der Waals surface area contributed by atoms with E-state index < -0.39 is 5.97 Å². The molecule has 2 N–H and O–H groups in total. The Morgan fingerprint density at radius 1 is 0.903 bits per heavy atom. The van der Waals surface area contributed by atoms with Gasteiger partial charge < -0.3 is 10.4 Å². The Labute approximate surface area is 183 Å². The van der Waals surface area contributed by atoms with Gasteiger partial charge in [-0.1, -0.05) is 33.8 Å². The van der Waals surface area contributed by atoms with Gasteiger partial charge in [-0.05, 0) is 71.2 Å². The zero-order valence-electron chi connectivity index (χ0n) is 18.8. The molecule has 3 rings (SSSR count). The number of carbonyl (C=O) groups excluding carboxylic acids is 2. The second-order valence-corrected chi connectivity index (χ2v) is 9.49. The number of amides is 2. The predicted octanol–water partition coefficient (Wildman–Crippen LogP) is 4.53. The molecule has 1 aliphatic carbocycles.